The molecule has 0 unspecified atom stereocenters. The normalized spacial score (nSPS) is 16.7. The monoisotopic (exact) mass is 187 g/mol. The number of anilines is 1. The van der Waals surface area contributed by atoms with Crippen LogP contribution in [-0.2, 0) is 0 Å². The van der Waals surface area contributed by atoms with Crippen LogP contribution in [0, 0.1) is 6.39 Å². The molecule has 1 saturated heterocycles. The van der Waals surface area contributed by atoms with Gasteiger partial charge in [0.2, 0.25) is 0 Å². The predicted molar refractivity (Wildman–Crippen MR) is 54.3 cm³/mol. The van der Waals surface area contributed by atoms with Crippen LogP contribution in [0.2, 0.25) is 0 Å². The average Bonchev–Trinajstić information content (AvgIpc) is 2.88. The van der Waals surface area contributed by atoms with Gasteiger partial charge >= 0.3 is 0 Å². The van der Waals surface area contributed by atoms with E-state index in [1.807, 2.05) is 12.1 Å². The van der Waals surface area contributed by atoms with E-state index < -0.39 is 0 Å². The summed E-state index contributed by atoms with van der Waals surface area (Å²) in [6.07, 6.45) is 5.10. The first-order valence-electron chi connectivity index (χ1n) is 4.96. The molecule has 1 aromatic carbocycles. The molecule has 0 radical (unpaired) electrons. The quantitative estimate of drug-likeness (QED) is 0.641. The summed E-state index contributed by atoms with van der Waals surface area (Å²) in [5.74, 6) is 0. The van der Waals surface area contributed by atoms with E-state index in [1.165, 1.54) is 18.5 Å². The van der Waals surface area contributed by atoms with Crippen molar-refractivity contribution in [2.45, 2.75) is 12.8 Å². The zero-order valence-electron chi connectivity index (χ0n) is 7.86. The zero-order valence-corrected chi connectivity index (χ0v) is 7.86. The summed E-state index contributed by atoms with van der Waals surface area (Å²) in [5.41, 5.74) is 2.95. The SMILES string of the molecule is [c-]1nc2c(N3CCCC3)cccc2o1. The van der Waals surface area contributed by atoms with Gasteiger partial charge in [-0.05, 0) is 29.6 Å². The molecule has 0 aliphatic carbocycles. The van der Waals surface area contributed by atoms with Gasteiger partial charge in [0.15, 0.2) is 0 Å². The van der Waals surface area contributed by atoms with Crippen molar-refractivity contribution in [3.05, 3.63) is 24.6 Å². The molecular weight excluding hydrogens is 176 g/mol. The summed E-state index contributed by atoms with van der Waals surface area (Å²) in [7, 11) is 0. The first kappa shape index (κ1) is 7.85. The van der Waals surface area contributed by atoms with E-state index in [2.05, 4.69) is 22.3 Å². The van der Waals surface area contributed by atoms with E-state index in [9.17, 15) is 0 Å². The molecule has 3 rings (SSSR count). The van der Waals surface area contributed by atoms with Gasteiger partial charge in [0.05, 0.1) is 0 Å². The molecule has 1 fully saturated rings. The van der Waals surface area contributed by atoms with E-state index in [4.69, 9.17) is 4.42 Å². The number of oxazole rings is 1. The molecule has 2 aromatic rings. The summed E-state index contributed by atoms with van der Waals surface area (Å²) >= 11 is 0. The van der Waals surface area contributed by atoms with Crippen LogP contribution in [0.1, 0.15) is 12.8 Å². The Balaban J connectivity index is 2.14. The minimum Gasteiger partial charge on any atom is -0.573 e. The fourth-order valence-corrected chi connectivity index (χ4v) is 2.04. The van der Waals surface area contributed by atoms with Gasteiger partial charge in [-0.15, -0.1) is 0 Å². The van der Waals surface area contributed by atoms with E-state index in [0.29, 0.717) is 0 Å². The number of benzene rings is 1. The van der Waals surface area contributed by atoms with Crippen LogP contribution in [0.4, 0.5) is 5.69 Å². The van der Waals surface area contributed by atoms with E-state index in [-0.39, 0.29) is 0 Å². The van der Waals surface area contributed by atoms with Crippen LogP contribution in [0.5, 0.6) is 0 Å². The molecule has 1 aromatic heterocycles. The van der Waals surface area contributed by atoms with Gasteiger partial charge in [-0.25, -0.2) is 0 Å². The zero-order chi connectivity index (χ0) is 9.38. The Hall–Kier alpha value is -1.51. The Labute approximate surface area is 82.3 Å². The number of hydrogen-bond donors (Lipinski definition) is 0. The topological polar surface area (TPSA) is 29.3 Å². The van der Waals surface area contributed by atoms with Crippen molar-refractivity contribution in [1.82, 2.24) is 4.98 Å². The highest BCUT2D eigenvalue weighted by atomic mass is 16.3. The van der Waals surface area contributed by atoms with Crippen molar-refractivity contribution in [2.75, 3.05) is 18.0 Å². The lowest BCUT2D eigenvalue weighted by atomic mass is 10.2. The Bertz CT molecular complexity index is 443. The molecule has 0 bridgehead atoms. The number of aromatic nitrogens is 1. The Morgan fingerprint density at radius 1 is 1.29 bits per heavy atom. The Morgan fingerprint density at radius 2 is 2.14 bits per heavy atom. The summed E-state index contributed by atoms with van der Waals surface area (Å²) in [6.45, 7) is 2.26. The lowest BCUT2D eigenvalue weighted by molar-refractivity contribution is 0.591. The van der Waals surface area contributed by atoms with Gasteiger partial charge in [0.1, 0.15) is 6.39 Å². The highest BCUT2D eigenvalue weighted by Gasteiger charge is 2.12. The van der Waals surface area contributed by atoms with Crippen LogP contribution in [0.3, 0.4) is 0 Å². The highest BCUT2D eigenvalue weighted by Crippen LogP contribution is 2.27. The van der Waals surface area contributed by atoms with Gasteiger partial charge in [-0.3, -0.25) is 0 Å². The minimum absolute atomic E-state index is 0.828. The van der Waals surface area contributed by atoms with Crippen molar-refractivity contribution < 1.29 is 4.42 Å². The highest BCUT2D eigenvalue weighted by molar-refractivity contribution is 5.87. The van der Waals surface area contributed by atoms with Crippen molar-refractivity contribution in [1.29, 1.82) is 0 Å². The second-order valence-corrected chi connectivity index (χ2v) is 3.62. The largest absolute Gasteiger partial charge is 0.573 e. The van der Waals surface area contributed by atoms with Crippen molar-refractivity contribution in [3.8, 4) is 0 Å². The molecule has 0 atom stereocenters. The molecule has 2 heterocycles. The Morgan fingerprint density at radius 3 is 3.00 bits per heavy atom. The number of hydrogen-bond acceptors (Lipinski definition) is 3. The molecular formula is C11H11N2O-. The second-order valence-electron chi connectivity index (χ2n) is 3.62. The molecule has 72 valence electrons. The van der Waals surface area contributed by atoms with E-state index >= 15 is 0 Å². The van der Waals surface area contributed by atoms with Gasteiger partial charge < -0.3 is 14.3 Å². The lowest BCUT2D eigenvalue weighted by Gasteiger charge is -2.21. The number of nitrogens with zero attached hydrogens (tertiary/aromatic N) is 2. The first-order valence-corrected chi connectivity index (χ1v) is 4.96. The Kier molecular flexibility index (Phi) is 1.69. The summed E-state index contributed by atoms with van der Waals surface area (Å²) < 4.78 is 5.16. The molecule has 1 aliphatic heterocycles. The number of para-hydroxylation sites is 1. The van der Waals surface area contributed by atoms with Gasteiger partial charge in [0, 0.05) is 13.1 Å². The molecule has 0 spiro atoms. The summed E-state index contributed by atoms with van der Waals surface area (Å²) in [4.78, 5) is 6.49. The summed E-state index contributed by atoms with van der Waals surface area (Å²) in [5, 5.41) is 0. The molecule has 0 N–H and O–H groups in total. The standard InChI is InChI=1S/C11H11N2O/c1-2-7-13(6-1)9-4-3-5-10-11(9)12-8-14-10/h3-5H,1-2,6-7H2/q-1. The van der Waals surface area contributed by atoms with Crippen LogP contribution < -0.4 is 4.90 Å². The molecule has 0 saturated carbocycles. The third-order valence-corrected chi connectivity index (χ3v) is 2.74. The van der Waals surface area contributed by atoms with Crippen molar-refractivity contribution in [2.24, 2.45) is 0 Å². The van der Waals surface area contributed by atoms with E-state index in [1.54, 1.807) is 0 Å². The predicted octanol–water partition coefficient (Wildman–Crippen LogP) is 2.23. The lowest BCUT2D eigenvalue weighted by Crippen LogP contribution is -2.17. The molecule has 3 heteroatoms. The number of rotatable bonds is 1. The maximum absolute atomic E-state index is 5.16. The smallest absolute Gasteiger partial charge is 0.103 e. The average molecular weight is 187 g/mol. The fourth-order valence-electron chi connectivity index (χ4n) is 2.04. The molecule has 14 heavy (non-hydrogen) atoms. The maximum atomic E-state index is 5.16. The van der Waals surface area contributed by atoms with Gasteiger partial charge in [-0.2, -0.15) is 0 Å². The van der Waals surface area contributed by atoms with Crippen molar-refractivity contribution in [3.63, 3.8) is 0 Å². The van der Waals surface area contributed by atoms with Crippen LogP contribution >= 0.6 is 0 Å². The van der Waals surface area contributed by atoms with E-state index in [0.717, 1.165) is 24.2 Å². The third kappa shape index (κ3) is 1.09. The first-order chi connectivity index (χ1) is 6.95. The van der Waals surface area contributed by atoms with Crippen LogP contribution in [-0.4, -0.2) is 18.1 Å². The molecule has 0 amide bonds. The third-order valence-electron chi connectivity index (χ3n) is 2.74. The van der Waals surface area contributed by atoms with Gasteiger partial charge in [0.25, 0.3) is 0 Å². The fraction of sp³-hybridized carbons (Fsp3) is 0.364. The second kappa shape index (κ2) is 3.01. The van der Waals surface area contributed by atoms with Gasteiger partial charge in [-0.1, -0.05) is 18.2 Å². The van der Waals surface area contributed by atoms with Crippen LogP contribution in [0.15, 0.2) is 22.6 Å². The van der Waals surface area contributed by atoms with Crippen LogP contribution in [0.25, 0.3) is 11.1 Å². The summed E-state index contributed by atoms with van der Waals surface area (Å²) in [6, 6.07) is 6.04. The minimum atomic E-state index is 0.828. The molecule has 1 aliphatic rings. The maximum Gasteiger partial charge on any atom is 0.103 e. The number of fused-ring (bicyclic) bond motifs is 1. The molecule has 3 nitrogen and oxygen atoms in total. The van der Waals surface area contributed by atoms with Crippen molar-refractivity contribution >= 4 is 16.8 Å².